The molecule has 5 atom stereocenters. The van der Waals surface area contributed by atoms with Gasteiger partial charge in [-0.15, -0.1) is 0 Å². The number of benzene rings is 3. The van der Waals surface area contributed by atoms with E-state index in [9.17, 15) is 46.1 Å². The molecule has 2 unspecified atom stereocenters. The Balaban J connectivity index is 1.51. The van der Waals surface area contributed by atoms with Crippen LogP contribution >= 0.6 is 11.6 Å². The van der Waals surface area contributed by atoms with Crippen LogP contribution in [0.5, 0.6) is 0 Å². The van der Waals surface area contributed by atoms with Crippen molar-refractivity contribution in [3.63, 3.8) is 0 Å². The van der Waals surface area contributed by atoms with Crippen LogP contribution in [0.4, 0.5) is 30.7 Å². The lowest BCUT2D eigenvalue weighted by molar-refractivity contribution is -0.210. The molecule has 3 heterocycles. The molecule has 252 valence electrons. The van der Waals surface area contributed by atoms with Gasteiger partial charge in [-0.3, -0.25) is 4.68 Å². The van der Waals surface area contributed by atoms with E-state index in [2.05, 4.69) is 15.2 Å². The number of aromatic nitrogens is 5. The summed E-state index contributed by atoms with van der Waals surface area (Å²) in [7, 11) is 0. The third-order valence-corrected chi connectivity index (χ3v) is 8.04. The van der Waals surface area contributed by atoms with E-state index in [0.717, 1.165) is 45.9 Å². The molecule has 0 saturated carbocycles. The number of rotatable bonds is 6. The second kappa shape index (κ2) is 12.6. The van der Waals surface area contributed by atoms with Crippen LogP contribution in [0.15, 0.2) is 60.8 Å². The molecule has 0 spiro atoms. The van der Waals surface area contributed by atoms with E-state index >= 15 is 0 Å². The lowest BCUT2D eigenvalue weighted by Crippen LogP contribution is -2.53. The zero-order valence-corrected chi connectivity index (χ0v) is 25.1. The molecule has 0 amide bonds. The Morgan fingerprint density at radius 3 is 2.27 bits per heavy atom. The van der Waals surface area contributed by atoms with Crippen LogP contribution in [0.2, 0.25) is 5.02 Å². The van der Waals surface area contributed by atoms with Crippen LogP contribution < -0.4 is 0 Å². The number of aryl methyl sites for hydroxylation is 1. The van der Waals surface area contributed by atoms with Crippen molar-refractivity contribution in [2.75, 3.05) is 6.61 Å². The molecule has 0 aliphatic carbocycles. The zero-order chi connectivity index (χ0) is 34.7. The molecule has 1 aliphatic heterocycles. The number of aliphatic hydroxyl groups is 3. The van der Waals surface area contributed by atoms with Crippen molar-refractivity contribution in [1.29, 1.82) is 0 Å². The minimum atomic E-state index is -4.87. The molecule has 17 heteroatoms. The third-order valence-electron chi connectivity index (χ3n) is 7.81. The van der Waals surface area contributed by atoms with Crippen molar-refractivity contribution in [1.82, 2.24) is 24.5 Å². The van der Waals surface area contributed by atoms with Gasteiger partial charge >= 0.3 is 6.18 Å². The second-order valence-corrected chi connectivity index (χ2v) is 11.4. The van der Waals surface area contributed by atoms with Gasteiger partial charge in [0.25, 0.3) is 0 Å². The zero-order valence-electron chi connectivity index (χ0n) is 24.4. The van der Waals surface area contributed by atoms with Gasteiger partial charge in [0.1, 0.15) is 47.8 Å². The average molecular weight is 698 g/mol. The van der Waals surface area contributed by atoms with Gasteiger partial charge in [-0.1, -0.05) is 23.7 Å². The van der Waals surface area contributed by atoms with Gasteiger partial charge in [0.2, 0.25) is 0 Å². The van der Waals surface area contributed by atoms with E-state index < -0.39 is 77.8 Å². The van der Waals surface area contributed by atoms with E-state index in [1.165, 1.54) is 19.1 Å². The Labute approximate surface area is 271 Å². The van der Waals surface area contributed by atoms with Crippen LogP contribution in [0, 0.1) is 30.2 Å². The molecule has 3 N–H and O–H groups in total. The van der Waals surface area contributed by atoms with Crippen molar-refractivity contribution < 1.29 is 50.8 Å². The third kappa shape index (κ3) is 6.05. The molecule has 6 rings (SSSR count). The standard InChI is InChI=1S/C31H23ClF7N5O4/c1-13-40-30(44(41-13)22-10-16(32)5-6-19(22)31(37,38)39)29-28(47)26(27(46)23(12-45)48-29)43-11-18(15-8-20(34)24(36)21(35)9-15)25(42-43)14-3-2-4-17(33)7-14/h2-11,23,26-29,45-47H,12H2,1H3/t23?,26?,27-,28-,29+/m0/s1. The van der Waals surface area contributed by atoms with Gasteiger partial charge in [-0.25, -0.2) is 27.2 Å². The quantitative estimate of drug-likeness (QED) is 0.153. The Kier molecular flexibility index (Phi) is 8.80. The van der Waals surface area contributed by atoms with E-state index in [1.807, 2.05) is 0 Å². The van der Waals surface area contributed by atoms with E-state index in [0.29, 0.717) is 12.1 Å². The molecule has 0 radical (unpaired) electrons. The first kappa shape index (κ1) is 33.5. The maximum absolute atomic E-state index is 14.3. The monoisotopic (exact) mass is 697 g/mol. The fourth-order valence-corrected chi connectivity index (χ4v) is 5.82. The summed E-state index contributed by atoms with van der Waals surface area (Å²) >= 11 is 6.04. The first-order chi connectivity index (χ1) is 22.7. The highest BCUT2D eigenvalue weighted by molar-refractivity contribution is 6.30. The lowest BCUT2D eigenvalue weighted by atomic mass is 9.92. The highest BCUT2D eigenvalue weighted by Crippen LogP contribution is 2.42. The van der Waals surface area contributed by atoms with Crippen molar-refractivity contribution in [3.8, 4) is 28.1 Å². The number of ether oxygens (including phenoxy) is 1. The smallest absolute Gasteiger partial charge is 0.394 e. The van der Waals surface area contributed by atoms with E-state index in [-0.39, 0.29) is 39.1 Å². The summed E-state index contributed by atoms with van der Waals surface area (Å²) in [6.45, 7) is 0.521. The fourth-order valence-electron chi connectivity index (χ4n) is 5.66. The Bertz CT molecular complexity index is 1980. The summed E-state index contributed by atoms with van der Waals surface area (Å²) in [5.74, 6) is -5.91. The molecule has 3 aromatic carbocycles. The van der Waals surface area contributed by atoms with Crippen LogP contribution in [-0.4, -0.2) is 64.8 Å². The number of aliphatic hydroxyl groups excluding tert-OH is 3. The maximum atomic E-state index is 14.3. The molecular formula is C31H23ClF7N5O4. The summed E-state index contributed by atoms with van der Waals surface area (Å²) in [6.07, 6.45) is -10.5. The van der Waals surface area contributed by atoms with Gasteiger partial charge in [-0.05, 0) is 55.0 Å². The van der Waals surface area contributed by atoms with Gasteiger partial charge in [0.15, 0.2) is 23.3 Å². The molecular weight excluding hydrogens is 675 g/mol. The minimum absolute atomic E-state index is 0.0350. The SMILES string of the molecule is Cc1nc([C@@H]2OC(CO)[C@H](O)C(n3cc(-c4cc(F)c(F)c(F)c4)c(-c4cccc(F)c4)n3)[C@@H]2O)n(-c2cc(Cl)ccc2C(F)(F)F)n1. The largest absolute Gasteiger partial charge is 0.418 e. The molecule has 1 fully saturated rings. The predicted molar refractivity (Wildman–Crippen MR) is 155 cm³/mol. The van der Waals surface area contributed by atoms with Gasteiger partial charge < -0.3 is 20.1 Å². The molecule has 0 bridgehead atoms. The van der Waals surface area contributed by atoms with E-state index in [1.54, 1.807) is 0 Å². The number of hydrogen-bond acceptors (Lipinski definition) is 7. The Morgan fingerprint density at radius 2 is 1.62 bits per heavy atom. The topological polar surface area (TPSA) is 118 Å². The maximum Gasteiger partial charge on any atom is 0.418 e. The van der Waals surface area contributed by atoms with Crippen LogP contribution in [0.1, 0.15) is 29.4 Å². The van der Waals surface area contributed by atoms with Crippen molar-refractivity contribution in [2.24, 2.45) is 0 Å². The van der Waals surface area contributed by atoms with Crippen molar-refractivity contribution >= 4 is 11.6 Å². The normalized spacial score (nSPS) is 21.5. The Hall–Kier alpha value is -4.35. The summed E-state index contributed by atoms with van der Waals surface area (Å²) in [6, 6.07) is 7.46. The van der Waals surface area contributed by atoms with Crippen LogP contribution in [-0.2, 0) is 10.9 Å². The van der Waals surface area contributed by atoms with Gasteiger partial charge in [0, 0.05) is 22.3 Å². The highest BCUT2D eigenvalue weighted by atomic mass is 35.5. The Morgan fingerprint density at radius 1 is 0.917 bits per heavy atom. The first-order valence-electron chi connectivity index (χ1n) is 14.1. The van der Waals surface area contributed by atoms with Crippen molar-refractivity contribution in [3.05, 3.63) is 106 Å². The van der Waals surface area contributed by atoms with Gasteiger partial charge in [0.05, 0.1) is 17.9 Å². The number of nitrogens with zero attached hydrogens (tertiary/aromatic N) is 5. The van der Waals surface area contributed by atoms with Gasteiger partial charge in [-0.2, -0.15) is 23.4 Å². The molecule has 48 heavy (non-hydrogen) atoms. The van der Waals surface area contributed by atoms with Crippen molar-refractivity contribution in [2.45, 2.75) is 43.6 Å². The number of alkyl halides is 3. The number of halogens is 8. The molecule has 1 saturated heterocycles. The molecule has 2 aromatic heterocycles. The fraction of sp³-hybridized carbons (Fsp3) is 0.258. The lowest BCUT2D eigenvalue weighted by Gasteiger charge is -2.42. The summed E-state index contributed by atoms with van der Waals surface area (Å²) in [4.78, 5) is 4.19. The van der Waals surface area contributed by atoms with Crippen LogP contribution in [0.25, 0.3) is 28.1 Å². The molecule has 9 nitrogen and oxygen atoms in total. The summed E-state index contributed by atoms with van der Waals surface area (Å²) in [5, 5.41) is 41.5. The predicted octanol–water partition coefficient (Wildman–Crippen LogP) is 5.73. The molecule has 5 aromatic rings. The first-order valence-corrected chi connectivity index (χ1v) is 14.5. The highest BCUT2D eigenvalue weighted by Gasteiger charge is 2.49. The molecule has 1 aliphatic rings. The average Bonchev–Trinajstić information content (AvgIpc) is 3.63. The summed E-state index contributed by atoms with van der Waals surface area (Å²) < 4.78 is 106. The van der Waals surface area contributed by atoms with E-state index in [4.69, 9.17) is 16.3 Å². The minimum Gasteiger partial charge on any atom is -0.394 e. The second-order valence-electron chi connectivity index (χ2n) is 11.0. The number of hydrogen-bond donors (Lipinski definition) is 3. The van der Waals surface area contributed by atoms with Crippen LogP contribution in [0.3, 0.4) is 0 Å². The summed E-state index contributed by atoms with van der Waals surface area (Å²) in [5.41, 5.74) is -2.02.